The van der Waals surface area contributed by atoms with Gasteiger partial charge < -0.3 is 9.05 Å². The van der Waals surface area contributed by atoms with E-state index in [0.29, 0.717) is 17.9 Å². The molecule has 3 aliphatic carbocycles. The van der Waals surface area contributed by atoms with Crippen molar-refractivity contribution >= 4 is 8.38 Å². The van der Waals surface area contributed by atoms with Crippen molar-refractivity contribution in [3.05, 3.63) is 0 Å². The van der Waals surface area contributed by atoms with E-state index in [0.717, 1.165) is 35.5 Å². The van der Waals surface area contributed by atoms with Crippen molar-refractivity contribution in [3.63, 3.8) is 0 Å². The van der Waals surface area contributed by atoms with Gasteiger partial charge in [-0.25, -0.2) is 0 Å². The second-order valence-electron chi connectivity index (χ2n) is 11.2. The molecule has 0 N–H and O–H groups in total. The minimum Gasteiger partial charge on any atom is -0.330 e. The minimum absolute atomic E-state index is 0.425. The average molecular weight is 411 g/mol. The summed E-state index contributed by atoms with van der Waals surface area (Å²) >= 11 is 0. The first kappa shape index (κ1) is 23.0. The lowest BCUT2D eigenvalue weighted by molar-refractivity contribution is 0.00850. The van der Waals surface area contributed by atoms with Crippen molar-refractivity contribution in [2.75, 3.05) is 0 Å². The molecule has 0 aliphatic heterocycles. The van der Waals surface area contributed by atoms with Crippen LogP contribution in [-0.2, 0) is 9.05 Å². The maximum atomic E-state index is 7.03. The number of hydrogen-bond donors (Lipinski definition) is 0. The first-order valence-corrected chi connectivity index (χ1v) is 13.7. The second kappa shape index (κ2) is 10.6. The van der Waals surface area contributed by atoms with Crippen molar-refractivity contribution in [1.29, 1.82) is 0 Å². The molecule has 28 heavy (non-hydrogen) atoms. The van der Waals surface area contributed by atoms with Crippen LogP contribution in [0.4, 0.5) is 0 Å². The molecule has 0 saturated heterocycles. The zero-order chi connectivity index (χ0) is 20.3. The Bertz CT molecular complexity index is 425. The van der Waals surface area contributed by atoms with Gasteiger partial charge >= 0.3 is 0 Å². The minimum atomic E-state index is -0.748. The van der Waals surface area contributed by atoms with E-state index >= 15 is 0 Å². The van der Waals surface area contributed by atoms with Gasteiger partial charge in [0.1, 0.15) is 0 Å². The van der Waals surface area contributed by atoms with Gasteiger partial charge in [-0.2, -0.15) is 0 Å². The quantitative estimate of drug-likeness (QED) is 0.394. The smallest absolute Gasteiger partial charge is 0.174 e. The van der Waals surface area contributed by atoms with Gasteiger partial charge in [0.05, 0.1) is 12.2 Å². The van der Waals surface area contributed by atoms with E-state index in [9.17, 15) is 0 Å². The van der Waals surface area contributed by atoms with Gasteiger partial charge in [0.2, 0.25) is 0 Å². The van der Waals surface area contributed by atoms with E-state index in [-0.39, 0.29) is 0 Å². The molecule has 164 valence electrons. The summed E-state index contributed by atoms with van der Waals surface area (Å²) in [5, 5.41) is 0. The van der Waals surface area contributed by atoms with Gasteiger partial charge in [-0.3, -0.25) is 0 Å². The van der Waals surface area contributed by atoms with Gasteiger partial charge in [-0.15, -0.1) is 0 Å². The summed E-state index contributed by atoms with van der Waals surface area (Å²) in [5.41, 5.74) is 0.685. The fraction of sp³-hybridized carbons (Fsp3) is 1.00. The van der Waals surface area contributed by atoms with Crippen LogP contribution in [0.5, 0.6) is 0 Å². The predicted molar refractivity (Wildman–Crippen MR) is 122 cm³/mol. The van der Waals surface area contributed by atoms with Crippen molar-refractivity contribution in [2.24, 2.45) is 35.5 Å². The molecular formula is C25H47O2P. The highest BCUT2D eigenvalue weighted by molar-refractivity contribution is 7.48. The highest BCUT2D eigenvalue weighted by atomic mass is 31.2. The summed E-state index contributed by atoms with van der Waals surface area (Å²) in [6.45, 7) is 14.4. The van der Waals surface area contributed by atoms with Crippen LogP contribution < -0.4 is 0 Å². The highest BCUT2D eigenvalue weighted by Crippen LogP contribution is 2.56. The molecule has 6 atom stereocenters. The fourth-order valence-electron chi connectivity index (χ4n) is 6.05. The third-order valence-electron chi connectivity index (χ3n) is 8.02. The van der Waals surface area contributed by atoms with Gasteiger partial charge in [0.15, 0.2) is 8.38 Å². The Hall–Kier alpha value is 0.350. The van der Waals surface area contributed by atoms with Gasteiger partial charge in [0, 0.05) is 5.66 Å². The third kappa shape index (κ3) is 5.95. The third-order valence-corrected chi connectivity index (χ3v) is 10.1. The molecule has 0 unspecified atom stereocenters. The van der Waals surface area contributed by atoms with Gasteiger partial charge in [-0.1, -0.05) is 67.2 Å². The van der Waals surface area contributed by atoms with E-state index < -0.39 is 8.38 Å². The lowest BCUT2D eigenvalue weighted by Crippen LogP contribution is -2.36. The molecule has 0 aromatic rings. The lowest BCUT2D eigenvalue weighted by Gasteiger charge is -2.43. The van der Waals surface area contributed by atoms with Crippen LogP contribution in [0.25, 0.3) is 0 Å². The molecule has 0 aromatic carbocycles. The van der Waals surface area contributed by atoms with E-state index in [2.05, 4.69) is 41.5 Å². The van der Waals surface area contributed by atoms with Gasteiger partial charge in [0.25, 0.3) is 0 Å². The summed E-state index contributed by atoms with van der Waals surface area (Å²) in [5.74, 6) is 4.49. The summed E-state index contributed by atoms with van der Waals surface area (Å²) in [4.78, 5) is 0. The first-order chi connectivity index (χ1) is 13.3. The Morgan fingerprint density at radius 2 is 1.07 bits per heavy atom. The van der Waals surface area contributed by atoms with Crippen LogP contribution in [-0.4, -0.2) is 17.9 Å². The van der Waals surface area contributed by atoms with Crippen LogP contribution in [0.1, 0.15) is 106 Å². The monoisotopic (exact) mass is 410 g/mol. The normalized spacial score (nSPS) is 38.0. The molecule has 0 amide bonds. The summed E-state index contributed by atoms with van der Waals surface area (Å²) in [6.07, 6.45) is 14.2. The Labute approximate surface area is 176 Å². The highest BCUT2D eigenvalue weighted by Gasteiger charge is 2.40. The maximum absolute atomic E-state index is 7.03. The molecule has 3 fully saturated rings. The lowest BCUT2D eigenvalue weighted by atomic mass is 9.75. The first-order valence-electron chi connectivity index (χ1n) is 12.5. The van der Waals surface area contributed by atoms with E-state index in [1.54, 1.807) is 0 Å². The molecule has 2 nitrogen and oxygen atoms in total. The fourth-order valence-corrected chi connectivity index (χ4v) is 8.25. The van der Waals surface area contributed by atoms with Crippen molar-refractivity contribution in [1.82, 2.24) is 0 Å². The van der Waals surface area contributed by atoms with Crippen LogP contribution >= 0.6 is 8.38 Å². The topological polar surface area (TPSA) is 18.5 Å². The molecule has 3 heteroatoms. The summed E-state index contributed by atoms with van der Waals surface area (Å²) in [7, 11) is -0.748. The molecule has 0 radical (unpaired) electrons. The summed E-state index contributed by atoms with van der Waals surface area (Å²) in [6, 6.07) is 0. The molecule has 0 spiro atoms. The van der Waals surface area contributed by atoms with Crippen molar-refractivity contribution in [2.45, 2.75) is 124 Å². The summed E-state index contributed by atoms with van der Waals surface area (Å²) < 4.78 is 14.1. The Morgan fingerprint density at radius 3 is 1.46 bits per heavy atom. The Kier molecular flexibility index (Phi) is 8.71. The standard InChI is InChI=1S/C25H47O2P/c1-17(2)22-13-11-19(5)15-24(22)26-28(21-9-7-8-10-21)27-25-16-20(6)12-14-23(25)18(3)4/h17-25H,7-16H2,1-6H3/t19-,20-,22+,23+,24-,25-/m1/s1. The van der Waals surface area contributed by atoms with Gasteiger partial charge in [-0.05, 0) is 74.0 Å². The van der Waals surface area contributed by atoms with Crippen LogP contribution in [0.2, 0.25) is 0 Å². The molecule has 3 rings (SSSR count). The van der Waals surface area contributed by atoms with Crippen LogP contribution in [0, 0.1) is 35.5 Å². The van der Waals surface area contributed by atoms with Crippen LogP contribution in [0.3, 0.4) is 0 Å². The largest absolute Gasteiger partial charge is 0.330 e. The Morgan fingerprint density at radius 1 is 0.643 bits per heavy atom. The molecule has 3 saturated carbocycles. The van der Waals surface area contributed by atoms with Crippen molar-refractivity contribution < 1.29 is 9.05 Å². The van der Waals surface area contributed by atoms with E-state index in [4.69, 9.17) is 9.05 Å². The molecular weight excluding hydrogens is 363 g/mol. The number of hydrogen-bond acceptors (Lipinski definition) is 2. The van der Waals surface area contributed by atoms with Crippen LogP contribution in [0.15, 0.2) is 0 Å². The van der Waals surface area contributed by atoms with E-state index in [1.807, 2.05) is 0 Å². The Balaban J connectivity index is 1.72. The van der Waals surface area contributed by atoms with Crippen molar-refractivity contribution in [3.8, 4) is 0 Å². The van der Waals surface area contributed by atoms with E-state index in [1.165, 1.54) is 64.2 Å². The molecule has 0 aromatic heterocycles. The molecule has 0 heterocycles. The average Bonchev–Trinajstić information content (AvgIpc) is 3.15. The maximum Gasteiger partial charge on any atom is 0.174 e. The SMILES string of the molecule is CC(C)[C@@H]1CC[C@@H](C)C[C@H]1OP(O[C@@H]1C[C@H](C)CC[C@H]1C(C)C)C1CCCC1. The molecule has 3 aliphatic rings. The number of rotatable bonds is 7. The predicted octanol–water partition coefficient (Wildman–Crippen LogP) is 8.20. The zero-order valence-electron chi connectivity index (χ0n) is 19.5. The second-order valence-corrected chi connectivity index (χ2v) is 12.9. The molecule has 0 bridgehead atoms. The zero-order valence-corrected chi connectivity index (χ0v) is 20.4.